The number of nitrogens with zero attached hydrogens (tertiary/aromatic N) is 1. The Morgan fingerprint density at radius 3 is 2.03 bits per heavy atom. The number of urea groups is 2. The average Bonchev–Trinajstić information content (AvgIpc) is 2.93. The third-order valence-corrected chi connectivity index (χ3v) is 6.08. The van der Waals surface area contributed by atoms with E-state index >= 15 is 0 Å². The van der Waals surface area contributed by atoms with Crippen molar-refractivity contribution in [3.05, 3.63) is 89.5 Å². The van der Waals surface area contributed by atoms with E-state index in [1.807, 2.05) is 66.7 Å². The molecule has 3 rings (SSSR count). The van der Waals surface area contributed by atoms with Crippen LogP contribution in [0, 0.1) is 0 Å². The van der Waals surface area contributed by atoms with Gasteiger partial charge in [0.15, 0.2) is 0 Å². The van der Waals surface area contributed by atoms with Gasteiger partial charge in [0, 0.05) is 32.9 Å². The standard InChI is InChI=1S/C29H37N5O3/c1-4-34(18-16-22-10-13-25(14-11-22)32-28(35)30-2)19-17-23-12-15-27(26(20-23)33-29(36)31-3)37-21-24-8-6-5-7-9-24/h5-15,20H,4,16-19,21H2,1-3H3,(H2,30,32,35)(H2,31,33,36). The third kappa shape index (κ3) is 9.16. The number of likely N-dealkylation sites (N-methyl/N-ethyl adjacent to an activating group) is 1. The molecular formula is C29H37N5O3. The van der Waals surface area contributed by atoms with Gasteiger partial charge in [0.2, 0.25) is 0 Å². The monoisotopic (exact) mass is 503 g/mol. The average molecular weight is 504 g/mol. The summed E-state index contributed by atoms with van der Waals surface area (Å²) in [6.07, 6.45) is 1.77. The summed E-state index contributed by atoms with van der Waals surface area (Å²) in [4.78, 5) is 25.9. The van der Waals surface area contributed by atoms with E-state index in [-0.39, 0.29) is 12.1 Å². The maximum atomic E-state index is 12.0. The molecule has 0 aromatic heterocycles. The second kappa shape index (κ2) is 14.5. The Morgan fingerprint density at radius 2 is 1.38 bits per heavy atom. The van der Waals surface area contributed by atoms with Crippen LogP contribution in [0.25, 0.3) is 0 Å². The molecule has 8 nitrogen and oxygen atoms in total. The molecule has 0 bridgehead atoms. The smallest absolute Gasteiger partial charge is 0.319 e. The maximum absolute atomic E-state index is 12.0. The fourth-order valence-corrected chi connectivity index (χ4v) is 3.83. The molecule has 3 aromatic rings. The van der Waals surface area contributed by atoms with Crippen LogP contribution in [0.4, 0.5) is 21.0 Å². The van der Waals surface area contributed by atoms with Crippen molar-refractivity contribution in [1.82, 2.24) is 15.5 Å². The van der Waals surface area contributed by atoms with Gasteiger partial charge in [-0.3, -0.25) is 0 Å². The van der Waals surface area contributed by atoms with Crippen LogP contribution in [0.5, 0.6) is 5.75 Å². The molecule has 0 aliphatic heterocycles. The molecule has 37 heavy (non-hydrogen) atoms. The first kappa shape index (κ1) is 27.5. The zero-order valence-corrected chi connectivity index (χ0v) is 21.8. The van der Waals surface area contributed by atoms with E-state index in [0.717, 1.165) is 49.3 Å². The highest BCUT2D eigenvalue weighted by Crippen LogP contribution is 2.27. The zero-order chi connectivity index (χ0) is 26.5. The van der Waals surface area contributed by atoms with Crippen LogP contribution < -0.4 is 26.0 Å². The summed E-state index contributed by atoms with van der Waals surface area (Å²) < 4.78 is 6.01. The SMILES string of the molecule is CCN(CCc1ccc(NC(=O)NC)cc1)CCc1ccc(OCc2ccccc2)c(NC(=O)NC)c1. The van der Waals surface area contributed by atoms with Crippen molar-refractivity contribution in [2.45, 2.75) is 26.4 Å². The molecule has 0 radical (unpaired) electrons. The quantitative estimate of drug-likeness (QED) is 0.283. The van der Waals surface area contributed by atoms with Gasteiger partial charge in [0.25, 0.3) is 0 Å². The molecule has 4 N–H and O–H groups in total. The number of ether oxygens (including phenoxy) is 1. The van der Waals surface area contributed by atoms with E-state index < -0.39 is 0 Å². The Balaban J connectivity index is 1.57. The zero-order valence-electron chi connectivity index (χ0n) is 21.8. The molecule has 4 amide bonds. The highest BCUT2D eigenvalue weighted by Gasteiger charge is 2.11. The predicted octanol–water partition coefficient (Wildman–Crippen LogP) is 4.88. The summed E-state index contributed by atoms with van der Waals surface area (Å²) in [7, 11) is 3.19. The molecule has 0 spiro atoms. The molecule has 0 heterocycles. The lowest BCUT2D eigenvalue weighted by Crippen LogP contribution is -2.28. The molecule has 3 aromatic carbocycles. The van der Waals surface area contributed by atoms with E-state index in [0.29, 0.717) is 18.0 Å². The summed E-state index contributed by atoms with van der Waals surface area (Å²) in [5.74, 6) is 0.637. The number of rotatable bonds is 12. The number of anilines is 2. The lowest BCUT2D eigenvalue weighted by molar-refractivity contribution is 0.253. The summed E-state index contributed by atoms with van der Waals surface area (Å²) >= 11 is 0. The molecule has 196 valence electrons. The Hall–Kier alpha value is -4.04. The second-order valence-electron chi connectivity index (χ2n) is 8.64. The number of benzene rings is 3. The Bertz CT molecular complexity index is 1140. The highest BCUT2D eigenvalue weighted by molar-refractivity contribution is 5.91. The fraction of sp³-hybridized carbons (Fsp3) is 0.310. The van der Waals surface area contributed by atoms with Gasteiger partial charge in [-0.1, -0.05) is 55.5 Å². The number of carbonyl (C=O) groups excluding carboxylic acids is 2. The van der Waals surface area contributed by atoms with Crippen molar-refractivity contribution in [1.29, 1.82) is 0 Å². The van der Waals surface area contributed by atoms with Gasteiger partial charge in [-0.25, -0.2) is 9.59 Å². The first-order chi connectivity index (χ1) is 18.0. The van der Waals surface area contributed by atoms with Gasteiger partial charge in [0.1, 0.15) is 12.4 Å². The van der Waals surface area contributed by atoms with Gasteiger partial charge in [0.05, 0.1) is 5.69 Å². The van der Waals surface area contributed by atoms with E-state index in [9.17, 15) is 9.59 Å². The van der Waals surface area contributed by atoms with Gasteiger partial charge in [-0.2, -0.15) is 0 Å². The first-order valence-electron chi connectivity index (χ1n) is 12.6. The number of hydrogen-bond donors (Lipinski definition) is 4. The van der Waals surface area contributed by atoms with Gasteiger partial charge in [-0.15, -0.1) is 0 Å². The van der Waals surface area contributed by atoms with Crippen LogP contribution in [-0.2, 0) is 19.4 Å². The minimum absolute atomic E-state index is 0.227. The first-order valence-corrected chi connectivity index (χ1v) is 12.6. The van der Waals surface area contributed by atoms with Crippen LogP contribution in [-0.4, -0.2) is 50.7 Å². The van der Waals surface area contributed by atoms with E-state index in [4.69, 9.17) is 4.74 Å². The highest BCUT2D eigenvalue weighted by atomic mass is 16.5. The molecule has 0 saturated heterocycles. The summed E-state index contributed by atoms with van der Waals surface area (Å²) in [5.41, 5.74) is 4.84. The summed E-state index contributed by atoms with van der Waals surface area (Å²) in [5, 5.41) is 10.8. The van der Waals surface area contributed by atoms with Crippen molar-refractivity contribution in [2.24, 2.45) is 0 Å². The molecule has 0 fully saturated rings. The van der Waals surface area contributed by atoms with Crippen LogP contribution >= 0.6 is 0 Å². The van der Waals surface area contributed by atoms with Crippen LogP contribution in [0.2, 0.25) is 0 Å². The largest absolute Gasteiger partial charge is 0.487 e. The van der Waals surface area contributed by atoms with Crippen molar-refractivity contribution in [3.8, 4) is 5.75 Å². The molecule has 0 aliphatic rings. The minimum atomic E-state index is -0.284. The maximum Gasteiger partial charge on any atom is 0.319 e. The summed E-state index contributed by atoms with van der Waals surface area (Å²) in [6, 6.07) is 23.3. The number of hydrogen-bond acceptors (Lipinski definition) is 4. The van der Waals surface area contributed by atoms with E-state index in [1.54, 1.807) is 14.1 Å². The molecule has 0 aliphatic carbocycles. The minimum Gasteiger partial charge on any atom is -0.487 e. The molecule has 0 atom stereocenters. The molecule has 0 unspecified atom stereocenters. The van der Waals surface area contributed by atoms with E-state index in [2.05, 4.69) is 39.2 Å². The van der Waals surface area contributed by atoms with E-state index in [1.165, 1.54) is 5.56 Å². The van der Waals surface area contributed by atoms with Gasteiger partial charge < -0.3 is 30.9 Å². The second-order valence-corrected chi connectivity index (χ2v) is 8.64. The van der Waals surface area contributed by atoms with Gasteiger partial charge >= 0.3 is 12.1 Å². The molecular weight excluding hydrogens is 466 g/mol. The lowest BCUT2D eigenvalue weighted by atomic mass is 10.1. The number of nitrogens with one attached hydrogen (secondary N) is 4. The van der Waals surface area contributed by atoms with Crippen LogP contribution in [0.1, 0.15) is 23.6 Å². The molecule has 8 heteroatoms. The van der Waals surface area contributed by atoms with Crippen LogP contribution in [0.3, 0.4) is 0 Å². The van der Waals surface area contributed by atoms with Crippen molar-refractivity contribution in [2.75, 3.05) is 44.4 Å². The van der Waals surface area contributed by atoms with Gasteiger partial charge in [-0.05, 0) is 60.3 Å². The fourth-order valence-electron chi connectivity index (χ4n) is 3.83. The Kier molecular flexibility index (Phi) is 10.8. The lowest BCUT2D eigenvalue weighted by Gasteiger charge is -2.21. The van der Waals surface area contributed by atoms with Crippen molar-refractivity contribution in [3.63, 3.8) is 0 Å². The third-order valence-electron chi connectivity index (χ3n) is 6.08. The van der Waals surface area contributed by atoms with Crippen molar-refractivity contribution < 1.29 is 14.3 Å². The number of carbonyl (C=O) groups is 2. The molecule has 0 saturated carbocycles. The van der Waals surface area contributed by atoms with Crippen molar-refractivity contribution >= 4 is 23.4 Å². The van der Waals surface area contributed by atoms with Crippen LogP contribution in [0.15, 0.2) is 72.8 Å². The summed E-state index contributed by atoms with van der Waals surface area (Å²) in [6.45, 7) is 5.36. The Labute approximate surface area is 219 Å². The normalized spacial score (nSPS) is 10.6. The predicted molar refractivity (Wildman–Crippen MR) is 149 cm³/mol. The Morgan fingerprint density at radius 1 is 0.757 bits per heavy atom. The number of amides is 4. The topological polar surface area (TPSA) is 94.7 Å².